The molecule has 0 amide bonds. The van der Waals surface area contributed by atoms with Gasteiger partial charge >= 0.3 is 0 Å². The standard InChI is InChI=1S/C16H20Cl2N2O/c17-15-7-3-9-16(18,10-4-12-21)20(15)14-6-2-1-5-13(14)8-11-19/h1-2,5-6,15,21H,3-4,7-10,12H2. The summed E-state index contributed by atoms with van der Waals surface area (Å²) in [5.41, 5.74) is 1.70. The van der Waals surface area contributed by atoms with Crippen molar-refractivity contribution in [2.45, 2.75) is 49.0 Å². The van der Waals surface area contributed by atoms with E-state index in [1.54, 1.807) is 0 Å². The highest BCUT2D eigenvalue weighted by atomic mass is 35.5. The van der Waals surface area contributed by atoms with E-state index < -0.39 is 5.00 Å². The van der Waals surface area contributed by atoms with Crippen LogP contribution in [-0.2, 0) is 6.42 Å². The predicted molar refractivity (Wildman–Crippen MR) is 86.6 cm³/mol. The van der Waals surface area contributed by atoms with Crippen molar-refractivity contribution in [3.63, 3.8) is 0 Å². The summed E-state index contributed by atoms with van der Waals surface area (Å²) in [5.74, 6) is 0. The Morgan fingerprint density at radius 2 is 2.19 bits per heavy atom. The van der Waals surface area contributed by atoms with E-state index >= 15 is 0 Å². The number of anilines is 1. The van der Waals surface area contributed by atoms with Crippen LogP contribution in [0.2, 0.25) is 0 Å². The first-order valence-electron chi connectivity index (χ1n) is 7.30. The third-order valence-corrected chi connectivity index (χ3v) is 4.93. The minimum Gasteiger partial charge on any atom is -0.396 e. The maximum Gasteiger partial charge on any atom is 0.116 e. The number of aliphatic hydroxyl groups is 1. The number of rotatable bonds is 5. The molecule has 2 rings (SSSR count). The van der Waals surface area contributed by atoms with Crippen molar-refractivity contribution in [3.8, 4) is 6.07 Å². The molecule has 1 fully saturated rings. The lowest BCUT2D eigenvalue weighted by Gasteiger charge is -2.48. The minimum atomic E-state index is -0.584. The quantitative estimate of drug-likeness (QED) is 0.656. The molecule has 3 nitrogen and oxygen atoms in total. The number of hydrogen-bond donors (Lipinski definition) is 1. The van der Waals surface area contributed by atoms with Crippen molar-refractivity contribution in [1.29, 1.82) is 5.26 Å². The molecule has 0 bridgehead atoms. The van der Waals surface area contributed by atoms with Gasteiger partial charge in [0.25, 0.3) is 0 Å². The first kappa shape index (κ1) is 16.4. The van der Waals surface area contributed by atoms with Gasteiger partial charge in [-0.2, -0.15) is 5.26 Å². The maximum absolute atomic E-state index is 9.12. The first-order chi connectivity index (χ1) is 10.1. The minimum absolute atomic E-state index is 0.120. The second-order valence-corrected chi connectivity index (χ2v) is 6.61. The lowest BCUT2D eigenvalue weighted by atomic mass is 9.95. The number of para-hydroxylation sites is 1. The number of aliphatic hydroxyl groups excluding tert-OH is 1. The van der Waals surface area contributed by atoms with Gasteiger partial charge in [0.2, 0.25) is 0 Å². The fraction of sp³-hybridized carbons (Fsp3) is 0.562. The highest BCUT2D eigenvalue weighted by Gasteiger charge is 2.41. The molecule has 1 aromatic rings. The fourth-order valence-corrected chi connectivity index (χ4v) is 3.96. The van der Waals surface area contributed by atoms with Crippen LogP contribution in [-0.4, -0.2) is 22.2 Å². The van der Waals surface area contributed by atoms with Crippen LogP contribution in [0.3, 0.4) is 0 Å². The van der Waals surface area contributed by atoms with Gasteiger partial charge in [-0.05, 0) is 43.7 Å². The summed E-state index contributed by atoms with van der Waals surface area (Å²) < 4.78 is 0. The Morgan fingerprint density at radius 1 is 1.43 bits per heavy atom. The molecule has 0 aliphatic carbocycles. The second kappa shape index (κ2) is 7.35. The SMILES string of the molecule is N#CCc1ccccc1N1C(Cl)CCCC1(Cl)CCCO. The Balaban J connectivity index is 2.38. The highest BCUT2D eigenvalue weighted by Crippen LogP contribution is 2.44. The Morgan fingerprint density at radius 3 is 2.90 bits per heavy atom. The summed E-state index contributed by atoms with van der Waals surface area (Å²) in [4.78, 5) is 1.46. The van der Waals surface area contributed by atoms with Crippen LogP contribution in [0.1, 0.15) is 37.7 Å². The Kier molecular flexibility index (Phi) is 5.75. The van der Waals surface area contributed by atoms with E-state index in [-0.39, 0.29) is 12.1 Å². The van der Waals surface area contributed by atoms with E-state index in [0.29, 0.717) is 19.3 Å². The molecule has 2 atom stereocenters. The molecule has 5 heteroatoms. The molecule has 0 saturated carbocycles. The average Bonchev–Trinajstić information content (AvgIpc) is 2.47. The third-order valence-electron chi connectivity index (χ3n) is 3.95. The number of alkyl halides is 2. The molecular formula is C16H20Cl2N2O. The lowest BCUT2D eigenvalue weighted by molar-refractivity contribution is 0.263. The van der Waals surface area contributed by atoms with Gasteiger partial charge in [-0.25, -0.2) is 0 Å². The fourth-order valence-electron chi connectivity index (χ4n) is 2.98. The third kappa shape index (κ3) is 3.63. The lowest BCUT2D eigenvalue weighted by Crippen LogP contribution is -2.52. The van der Waals surface area contributed by atoms with E-state index in [4.69, 9.17) is 33.6 Å². The van der Waals surface area contributed by atoms with Crippen LogP contribution in [0, 0.1) is 11.3 Å². The van der Waals surface area contributed by atoms with Crippen molar-refractivity contribution in [3.05, 3.63) is 29.8 Å². The van der Waals surface area contributed by atoms with E-state index in [0.717, 1.165) is 30.5 Å². The number of piperidine rings is 1. The van der Waals surface area contributed by atoms with Crippen LogP contribution in [0.25, 0.3) is 0 Å². The molecule has 1 aliphatic heterocycles. The van der Waals surface area contributed by atoms with Crippen molar-refractivity contribution in [2.24, 2.45) is 0 Å². The summed E-state index contributed by atoms with van der Waals surface area (Å²) in [6.45, 7) is 0.120. The number of benzene rings is 1. The molecule has 2 unspecified atom stereocenters. The van der Waals surface area contributed by atoms with Crippen molar-refractivity contribution >= 4 is 28.9 Å². The number of hydrogen-bond acceptors (Lipinski definition) is 3. The molecule has 114 valence electrons. The van der Waals surface area contributed by atoms with Crippen LogP contribution >= 0.6 is 23.2 Å². The zero-order valence-corrected chi connectivity index (χ0v) is 13.4. The summed E-state index contributed by atoms with van der Waals surface area (Å²) in [7, 11) is 0. The number of halogens is 2. The summed E-state index contributed by atoms with van der Waals surface area (Å²) >= 11 is 13.4. The normalized spacial score (nSPS) is 25.6. The predicted octanol–water partition coefficient (Wildman–Crippen LogP) is 4.02. The summed E-state index contributed by atoms with van der Waals surface area (Å²) in [6.07, 6.45) is 4.33. The van der Waals surface area contributed by atoms with E-state index in [1.165, 1.54) is 0 Å². The highest BCUT2D eigenvalue weighted by molar-refractivity contribution is 6.28. The van der Waals surface area contributed by atoms with Crippen molar-refractivity contribution < 1.29 is 5.11 Å². The largest absolute Gasteiger partial charge is 0.396 e. The number of nitrogens with zero attached hydrogens (tertiary/aromatic N) is 2. The molecular weight excluding hydrogens is 307 g/mol. The van der Waals surface area contributed by atoms with Gasteiger partial charge in [-0.1, -0.05) is 41.4 Å². The molecule has 0 radical (unpaired) electrons. The van der Waals surface area contributed by atoms with Crippen LogP contribution in [0.4, 0.5) is 5.69 Å². The van der Waals surface area contributed by atoms with E-state index in [9.17, 15) is 0 Å². The number of nitriles is 1. The molecule has 1 aliphatic rings. The average molecular weight is 327 g/mol. The summed E-state index contributed by atoms with van der Waals surface area (Å²) in [6, 6.07) is 9.98. The van der Waals surface area contributed by atoms with Gasteiger partial charge < -0.3 is 10.0 Å². The smallest absolute Gasteiger partial charge is 0.116 e. The Hall–Kier alpha value is -0.950. The second-order valence-electron chi connectivity index (χ2n) is 5.41. The van der Waals surface area contributed by atoms with Crippen LogP contribution in [0.15, 0.2) is 24.3 Å². The Labute approximate surface area is 136 Å². The van der Waals surface area contributed by atoms with Gasteiger partial charge in [0.1, 0.15) is 10.5 Å². The summed E-state index contributed by atoms with van der Waals surface area (Å²) in [5, 5.41) is 18.1. The zero-order valence-electron chi connectivity index (χ0n) is 11.9. The van der Waals surface area contributed by atoms with E-state index in [1.807, 2.05) is 29.2 Å². The van der Waals surface area contributed by atoms with E-state index in [2.05, 4.69) is 6.07 Å². The van der Waals surface area contributed by atoms with Gasteiger partial charge in [0.15, 0.2) is 0 Å². The molecule has 0 spiro atoms. The van der Waals surface area contributed by atoms with Crippen LogP contribution in [0.5, 0.6) is 0 Å². The van der Waals surface area contributed by atoms with Gasteiger partial charge in [-0.15, -0.1) is 0 Å². The molecule has 0 aromatic heterocycles. The maximum atomic E-state index is 9.12. The molecule has 1 saturated heterocycles. The first-order valence-corrected chi connectivity index (χ1v) is 8.12. The van der Waals surface area contributed by atoms with Gasteiger partial charge in [0.05, 0.1) is 12.5 Å². The molecule has 1 N–H and O–H groups in total. The monoisotopic (exact) mass is 326 g/mol. The Bertz CT molecular complexity index is 517. The molecule has 1 aromatic carbocycles. The van der Waals surface area contributed by atoms with Gasteiger partial charge in [-0.3, -0.25) is 0 Å². The van der Waals surface area contributed by atoms with Crippen LogP contribution < -0.4 is 4.90 Å². The topological polar surface area (TPSA) is 47.3 Å². The van der Waals surface area contributed by atoms with Gasteiger partial charge in [0, 0.05) is 12.3 Å². The zero-order chi connectivity index (χ0) is 15.3. The van der Waals surface area contributed by atoms with Crippen molar-refractivity contribution in [2.75, 3.05) is 11.5 Å². The van der Waals surface area contributed by atoms with Crippen molar-refractivity contribution in [1.82, 2.24) is 0 Å². The molecule has 21 heavy (non-hydrogen) atoms. The molecule has 1 heterocycles.